The van der Waals surface area contributed by atoms with Gasteiger partial charge in [0.1, 0.15) is 10.6 Å². The lowest BCUT2D eigenvalue weighted by Crippen LogP contribution is -2.17. The minimum atomic E-state index is -3.90. The number of thiophene rings is 1. The Balaban J connectivity index is 2.29. The standard InChI is InChI=1S/C12H12N2O4S2/c1-18-8-6-10(19-7-8)12(15)14-9-4-2-3-5-11(9)20(13,16)17/h2-7H,1H3,(H,14,15)(H2,13,16,17). The van der Waals surface area contributed by atoms with Gasteiger partial charge in [0, 0.05) is 11.4 Å². The summed E-state index contributed by atoms with van der Waals surface area (Å²) in [6, 6.07) is 7.52. The predicted molar refractivity (Wildman–Crippen MR) is 76.6 cm³/mol. The summed E-state index contributed by atoms with van der Waals surface area (Å²) in [5, 5.41) is 9.31. The third-order valence-corrected chi connectivity index (χ3v) is 4.35. The first kappa shape index (κ1) is 14.5. The zero-order valence-corrected chi connectivity index (χ0v) is 12.1. The first-order valence-corrected chi connectivity index (χ1v) is 7.90. The predicted octanol–water partition coefficient (Wildman–Crippen LogP) is 1.66. The molecule has 1 aromatic heterocycles. The Morgan fingerprint density at radius 2 is 2.05 bits per heavy atom. The smallest absolute Gasteiger partial charge is 0.265 e. The van der Waals surface area contributed by atoms with E-state index in [1.54, 1.807) is 17.5 Å². The molecule has 1 amide bonds. The van der Waals surface area contributed by atoms with Crippen LogP contribution in [0.3, 0.4) is 0 Å². The van der Waals surface area contributed by atoms with Gasteiger partial charge in [-0.3, -0.25) is 4.79 Å². The Morgan fingerprint density at radius 1 is 1.35 bits per heavy atom. The van der Waals surface area contributed by atoms with Crippen molar-refractivity contribution in [1.29, 1.82) is 0 Å². The molecule has 3 N–H and O–H groups in total. The van der Waals surface area contributed by atoms with Crippen LogP contribution in [0.4, 0.5) is 5.69 Å². The van der Waals surface area contributed by atoms with Gasteiger partial charge in [-0.15, -0.1) is 11.3 Å². The van der Waals surface area contributed by atoms with Crippen molar-refractivity contribution in [2.24, 2.45) is 5.14 Å². The van der Waals surface area contributed by atoms with E-state index in [-0.39, 0.29) is 10.6 Å². The summed E-state index contributed by atoms with van der Waals surface area (Å²) >= 11 is 1.20. The number of methoxy groups -OCH3 is 1. The molecule has 106 valence electrons. The number of anilines is 1. The monoisotopic (exact) mass is 312 g/mol. The lowest BCUT2D eigenvalue weighted by Gasteiger charge is -2.08. The number of amides is 1. The minimum absolute atomic E-state index is 0.128. The van der Waals surface area contributed by atoms with Gasteiger partial charge < -0.3 is 10.1 Å². The van der Waals surface area contributed by atoms with E-state index in [1.165, 1.54) is 36.6 Å². The molecule has 1 aromatic carbocycles. The molecule has 8 heteroatoms. The second-order valence-electron chi connectivity index (χ2n) is 3.85. The average molecular weight is 312 g/mol. The lowest BCUT2D eigenvalue weighted by atomic mass is 10.3. The minimum Gasteiger partial charge on any atom is -0.496 e. The number of carbonyl (C=O) groups is 1. The number of para-hydroxylation sites is 1. The topological polar surface area (TPSA) is 98.5 Å². The maximum absolute atomic E-state index is 12.0. The number of nitrogens with one attached hydrogen (secondary N) is 1. The van der Waals surface area contributed by atoms with Crippen LogP contribution in [0.25, 0.3) is 0 Å². The summed E-state index contributed by atoms with van der Waals surface area (Å²) in [4.78, 5) is 12.3. The molecule has 0 aliphatic carbocycles. The molecule has 0 unspecified atom stereocenters. The van der Waals surface area contributed by atoms with E-state index < -0.39 is 15.9 Å². The van der Waals surface area contributed by atoms with Crippen LogP contribution in [0.15, 0.2) is 40.6 Å². The first-order valence-electron chi connectivity index (χ1n) is 5.47. The van der Waals surface area contributed by atoms with Crippen LogP contribution in [0.5, 0.6) is 5.75 Å². The van der Waals surface area contributed by atoms with Crippen molar-refractivity contribution < 1.29 is 17.9 Å². The largest absolute Gasteiger partial charge is 0.496 e. The molecule has 0 saturated heterocycles. The van der Waals surface area contributed by atoms with Crippen LogP contribution in [-0.4, -0.2) is 21.4 Å². The molecule has 2 rings (SSSR count). The number of nitrogens with two attached hydrogens (primary N) is 1. The molecule has 0 saturated carbocycles. The Bertz CT molecular complexity index is 737. The summed E-state index contributed by atoms with van der Waals surface area (Å²) < 4.78 is 27.9. The van der Waals surface area contributed by atoms with Gasteiger partial charge in [0.05, 0.1) is 17.7 Å². The molecule has 0 fully saturated rings. The van der Waals surface area contributed by atoms with Crippen molar-refractivity contribution in [1.82, 2.24) is 0 Å². The van der Waals surface area contributed by atoms with Crippen molar-refractivity contribution in [2.75, 3.05) is 12.4 Å². The number of carbonyl (C=O) groups excluding carboxylic acids is 1. The van der Waals surface area contributed by atoms with Crippen LogP contribution in [0.1, 0.15) is 9.67 Å². The van der Waals surface area contributed by atoms with Crippen LogP contribution in [0.2, 0.25) is 0 Å². The number of primary sulfonamides is 1. The molecule has 0 spiro atoms. The van der Waals surface area contributed by atoms with E-state index in [2.05, 4.69) is 5.32 Å². The van der Waals surface area contributed by atoms with Crippen molar-refractivity contribution >= 4 is 33.0 Å². The van der Waals surface area contributed by atoms with Crippen molar-refractivity contribution in [3.05, 3.63) is 40.6 Å². The van der Waals surface area contributed by atoms with E-state index in [0.717, 1.165) is 0 Å². The summed E-state index contributed by atoms with van der Waals surface area (Å²) in [5.74, 6) is 0.147. The summed E-state index contributed by atoms with van der Waals surface area (Å²) in [6.45, 7) is 0. The van der Waals surface area contributed by atoms with Gasteiger partial charge in [0.15, 0.2) is 0 Å². The first-order chi connectivity index (χ1) is 9.41. The highest BCUT2D eigenvalue weighted by molar-refractivity contribution is 7.89. The normalized spacial score (nSPS) is 11.1. The zero-order chi connectivity index (χ0) is 14.8. The zero-order valence-electron chi connectivity index (χ0n) is 10.5. The molecule has 0 aliphatic rings. The van der Waals surface area contributed by atoms with Crippen molar-refractivity contribution in [3.63, 3.8) is 0 Å². The Labute approximate surface area is 120 Å². The van der Waals surface area contributed by atoms with Crippen molar-refractivity contribution in [2.45, 2.75) is 4.90 Å². The number of sulfonamides is 1. The van der Waals surface area contributed by atoms with E-state index in [9.17, 15) is 13.2 Å². The molecule has 0 bridgehead atoms. The van der Waals surface area contributed by atoms with E-state index in [1.807, 2.05) is 0 Å². The maximum atomic E-state index is 12.0. The molecular weight excluding hydrogens is 300 g/mol. The number of hydrogen-bond donors (Lipinski definition) is 2. The fraction of sp³-hybridized carbons (Fsp3) is 0.0833. The third-order valence-electron chi connectivity index (χ3n) is 2.48. The summed E-state index contributed by atoms with van der Waals surface area (Å²) in [7, 11) is -2.40. The maximum Gasteiger partial charge on any atom is 0.265 e. The van der Waals surface area contributed by atoms with Gasteiger partial charge in [0.2, 0.25) is 10.0 Å². The Hall–Kier alpha value is -1.90. The van der Waals surface area contributed by atoms with Crippen LogP contribution in [0, 0.1) is 0 Å². The number of benzene rings is 1. The number of ether oxygens (including phenoxy) is 1. The summed E-state index contributed by atoms with van der Waals surface area (Å²) in [6.07, 6.45) is 0. The van der Waals surface area contributed by atoms with E-state index >= 15 is 0 Å². The molecule has 0 aliphatic heterocycles. The molecular formula is C12H12N2O4S2. The SMILES string of the molecule is COc1csc(C(=O)Nc2ccccc2S(N)(=O)=O)c1. The van der Waals surface area contributed by atoms with E-state index in [0.29, 0.717) is 10.6 Å². The third kappa shape index (κ3) is 3.16. The van der Waals surface area contributed by atoms with Gasteiger partial charge >= 0.3 is 0 Å². The highest BCUT2D eigenvalue weighted by Gasteiger charge is 2.16. The molecule has 6 nitrogen and oxygen atoms in total. The van der Waals surface area contributed by atoms with Gasteiger partial charge in [-0.1, -0.05) is 12.1 Å². The molecule has 2 aromatic rings. The molecule has 1 heterocycles. The fourth-order valence-corrected chi connectivity index (χ4v) is 2.99. The molecule has 20 heavy (non-hydrogen) atoms. The fourth-order valence-electron chi connectivity index (χ4n) is 1.55. The van der Waals surface area contributed by atoms with E-state index in [4.69, 9.17) is 9.88 Å². The van der Waals surface area contributed by atoms with Gasteiger partial charge in [0.25, 0.3) is 5.91 Å². The lowest BCUT2D eigenvalue weighted by molar-refractivity contribution is 0.103. The van der Waals surface area contributed by atoms with Crippen LogP contribution < -0.4 is 15.2 Å². The second kappa shape index (κ2) is 5.61. The highest BCUT2D eigenvalue weighted by Crippen LogP contribution is 2.24. The Morgan fingerprint density at radius 3 is 2.65 bits per heavy atom. The number of rotatable bonds is 4. The summed E-state index contributed by atoms with van der Waals surface area (Å²) in [5.41, 5.74) is 0.146. The van der Waals surface area contributed by atoms with Crippen molar-refractivity contribution in [3.8, 4) is 5.75 Å². The molecule has 0 radical (unpaired) electrons. The molecule has 0 atom stereocenters. The second-order valence-corrected chi connectivity index (χ2v) is 6.29. The van der Waals surface area contributed by atoms with Gasteiger partial charge in [-0.2, -0.15) is 0 Å². The van der Waals surface area contributed by atoms with Crippen LogP contribution >= 0.6 is 11.3 Å². The Kier molecular flexibility index (Phi) is 4.07. The quantitative estimate of drug-likeness (QED) is 0.897. The average Bonchev–Trinajstić information content (AvgIpc) is 2.87. The van der Waals surface area contributed by atoms with Crippen LogP contribution in [-0.2, 0) is 10.0 Å². The van der Waals surface area contributed by atoms with Gasteiger partial charge in [-0.25, -0.2) is 13.6 Å². The van der Waals surface area contributed by atoms with Gasteiger partial charge in [-0.05, 0) is 12.1 Å². The highest BCUT2D eigenvalue weighted by atomic mass is 32.2. The number of hydrogen-bond acceptors (Lipinski definition) is 5.